The van der Waals surface area contributed by atoms with Crippen LogP contribution >= 0.6 is 0 Å². The third-order valence-corrected chi connectivity index (χ3v) is 3.02. The second-order valence-corrected chi connectivity index (χ2v) is 4.68. The molecule has 0 aliphatic rings. The van der Waals surface area contributed by atoms with Gasteiger partial charge in [0.15, 0.2) is 0 Å². The minimum atomic E-state index is -0.359. The van der Waals surface area contributed by atoms with Crippen LogP contribution in [0.2, 0.25) is 0 Å². The van der Waals surface area contributed by atoms with Crippen LogP contribution in [0.4, 0.5) is 5.69 Å². The molecule has 104 valence electrons. The SMILES string of the molecule is COC(=O)C(C)CN(C)C(=O)c1ccc(C)c(N)c1. The molecule has 0 fully saturated rings. The summed E-state index contributed by atoms with van der Waals surface area (Å²) in [5, 5.41) is 0. The van der Waals surface area contributed by atoms with Gasteiger partial charge in [-0.2, -0.15) is 0 Å². The summed E-state index contributed by atoms with van der Waals surface area (Å²) in [6.07, 6.45) is 0. The Hall–Kier alpha value is -2.04. The molecule has 1 aromatic carbocycles. The predicted octanol–water partition coefficient (Wildman–Crippen LogP) is 1.46. The summed E-state index contributed by atoms with van der Waals surface area (Å²) in [5.74, 6) is -0.854. The van der Waals surface area contributed by atoms with Gasteiger partial charge < -0.3 is 15.4 Å². The molecule has 1 rings (SSSR count). The van der Waals surface area contributed by atoms with Gasteiger partial charge in [0.25, 0.3) is 5.91 Å². The zero-order valence-electron chi connectivity index (χ0n) is 11.8. The summed E-state index contributed by atoms with van der Waals surface area (Å²) >= 11 is 0. The third kappa shape index (κ3) is 3.71. The molecule has 0 spiro atoms. The number of nitrogens with two attached hydrogens (primary N) is 1. The maximum absolute atomic E-state index is 12.2. The number of hydrogen-bond acceptors (Lipinski definition) is 4. The van der Waals surface area contributed by atoms with Gasteiger partial charge in [0.1, 0.15) is 0 Å². The highest BCUT2D eigenvalue weighted by Crippen LogP contribution is 2.15. The lowest BCUT2D eigenvalue weighted by Crippen LogP contribution is -2.34. The van der Waals surface area contributed by atoms with Gasteiger partial charge in [0.05, 0.1) is 13.0 Å². The molecule has 0 saturated carbocycles. The first-order valence-electron chi connectivity index (χ1n) is 6.06. The van der Waals surface area contributed by atoms with E-state index in [1.165, 1.54) is 12.0 Å². The van der Waals surface area contributed by atoms with Crippen LogP contribution in [0.15, 0.2) is 18.2 Å². The van der Waals surface area contributed by atoms with Crippen LogP contribution in [0.3, 0.4) is 0 Å². The molecular weight excluding hydrogens is 244 g/mol. The average molecular weight is 264 g/mol. The van der Waals surface area contributed by atoms with Gasteiger partial charge >= 0.3 is 5.97 Å². The van der Waals surface area contributed by atoms with Crippen molar-refractivity contribution in [1.29, 1.82) is 0 Å². The van der Waals surface area contributed by atoms with Gasteiger partial charge in [0.2, 0.25) is 0 Å². The quantitative estimate of drug-likeness (QED) is 0.660. The zero-order valence-corrected chi connectivity index (χ0v) is 11.8. The maximum Gasteiger partial charge on any atom is 0.310 e. The Morgan fingerprint density at radius 2 is 2.05 bits per heavy atom. The molecule has 0 aliphatic heterocycles. The lowest BCUT2D eigenvalue weighted by molar-refractivity contribution is -0.145. The van der Waals surface area contributed by atoms with Gasteiger partial charge in [-0.15, -0.1) is 0 Å². The molecule has 0 aromatic heterocycles. The van der Waals surface area contributed by atoms with Crippen molar-refractivity contribution in [2.45, 2.75) is 13.8 Å². The van der Waals surface area contributed by atoms with E-state index >= 15 is 0 Å². The molecule has 0 saturated heterocycles. The Labute approximate surface area is 113 Å². The lowest BCUT2D eigenvalue weighted by atomic mass is 10.1. The summed E-state index contributed by atoms with van der Waals surface area (Å²) in [5.41, 5.74) is 7.82. The predicted molar refractivity (Wildman–Crippen MR) is 73.7 cm³/mol. The van der Waals surface area contributed by atoms with Crippen molar-refractivity contribution in [1.82, 2.24) is 4.90 Å². The molecule has 0 radical (unpaired) electrons. The number of anilines is 1. The molecule has 1 aromatic rings. The molecule has 0 heterocycles. The van der Waals surface area contributed by atoms with E-state index in [1.54, 1.807) is 32.2 Å². The van der Waals surface area contributed by atoms with Crippen LogP contribution in [0.1, 0.15) is 22.8 Å². The fraction of sp³-hybridized carbons (Fsp3) is 0.429. The maximum atomic E-state index is 12.2. The molecule has 19 heavy (non-hydrogen) atoms. The fourth-order valence-corrected chi connectivity index (χ4v) is 1.76. The fourth-order valence-electron chi connectivity index (χ4n) is 1.76. The van der Waals surface area contributed by atoms with E-state index in [4.69, 9.17) is 5.73 Å². The summed E-state index contributed by atoms with van der Waals surface area (Å²) in [6.45, 7) is 3.91. The smallest absolute Gasteiger partial charge is 0.310 e. The number of esters is 1. The Bertz CT molecular complexity index is 486. The van der Waals surface area contributed by atoms with Crippen LogP contribution in [0.25, 0.3) is 0 Å². The van der Waals surface area contributed by atoms with Gasteiger partial charge in [-0.3, -0.25) is 9.59 Å². The summed E-state index contributed by atoms with van der Waals surface area (Å²) in [6, 6.07) is 5.18. The Morgan fingerprint density at radius 3 is 2.58 bits per heavy atom. The first kappa shape index (κ1) is 15.0. The highest BCUT2D eigenvalue weighted by atomic mass is 16.5. The summed E-state index contributed by atoms with van der Waals surface area (Å²) in [7, 11) is 2.99. The number of carbonyl (C=O) groups excluding carboxylic acids is 2. The number of amides is 1. The van der Waals surface area contributed by atoms with Crippen LogP contribution in [-0.4, -0.2) is 37.5 Å². The van der Waals surface area contributed by atoms with E-state index in [0.717, 1.165) is 5.56 Å². The topological polar surface area (TPSA) is 72.6 Å². The molecular formula is C14H20N2O3. The average Bonchev–Trinajstić information content (AvgIpc) is 2.39. The molecule has 1 atom stereocenters. The first-order chi connectivity index (χ1) is 8.86. The minimum Gasteiger partial charge on any atom is -0.469 e. The number of aryl methyl sites for hydroxylation is 1. The highest BCUT2D eigenvalue weighted by molar-refractivity contribution is 5.95. The zero-order chi connectivity index (χ0) is 14.6. The standard InChI is InChI=1S/C14H20N2O3/c1-9-5-6-11(7-12(9)15)13(17)16(3)8-10(2)14(18)19-4/h5-7,10H,8,15H2,1-4H3. The summed E-state index contributed by atoms with van der Waals surface area (Å²) in [4.78, 5) is 25.0. The van der Waals surface area contributed by atoms with Crippen molar-refractivity contribution in [2.75, 3.05) is 26.4 Å². The number of ether oxygens (including phenoxy) is 1. The van der Waals surface area contributed by atoms with Crippen LogP contribution in [-0.2, 0) is 9.53 Å². The lowest BCUT2D eigenvalue weighted by Gasteiger charge is -2.20. The van der Waals surface area contributed by atoms with Crippen molar-refractivity contribution < 1.29 is 14.3 Å². The van der Waals surface area contributed by atoms with Crippen LogP contribution in [0.5, 0.6) is 0 Å². The number of benzene rings is 1. The second-order valence-electron chi connectivity index (χ2n) is 4.68. The molecule has 2 N–H and O–H groups in total. The van der Waals surface area contributed by atoms with Crippen molar-refractivity contribution >= 4 is 17.6 Å². The second kappa shape index (κ2) is 6.22. The van der Waals surface area contributed by atoms with Gasteiger partial charge in [-0.25, -0.2) is 0 Å². The first-order valence-corrected chi connectivity index (χ1v) is 6.06. The summed E-state index contributed by atoms with van der Waals surface area (Å²) < 4.78 is 4.64. The number of methoxy groups -OCH3 is 1. The van der Waals surface area contributed by atoms with Gasteiger partial charge in [-0.1, -0.05) is 13.0 Å². The molecule has 0 aliphatic carbocycles. The molecule has 1 amide bonds. The van der Waals surface area contributed by atoms with E-state index in [0.29, 0.717) is 17.8 Å². The number of hydrogen-bond donors (Lipinski definition) is 1. The van der Waals surface area contributed by atoms with Crippen LogP contribution in [0, 0.1) is 12.8 Å². The van der Waals surface area contributed by atoms with E-state index in [-0.39, 0.29) is 17.8 Å². The van der Waals surface area contributed by atoms with E-state index in [1.807, 2.05) is 6.92 Å². The third-order valence-electron chi connectivity index (χ3n) is 3.02. The van der Waals surface area contributed by atoms with Crippen molar-refractivity contribution in [3.05, 3.63) is 29.3 Å². The Morgan fingerprint density at radius 1 is 1.42 bits per heavy atom. The molecule has 5 heteroatoms. The van der Waals surface area contributed by atoms with E-state index in [9.17, 15) is 9.59 Å². The number of rotatable bonds is 4. The molecule has 0 bridgehead atoms. The van der Waals surface area contributed by atoms with Gasteiger partial charge in [0, 0.05) is 24.8 Å². The highest BCUT2D eigenvalue weighted by Gasteiger charge is 2.19. The van der Waals surface area contributed by atoms with Crippen molar-refractivity contribution in [3.63, 3.8) is 0 Å². The molecule has 1 unspecified atom stereocenters. The Balaban J connectivity index is 2.76. The van der Waals surface area contributed by atoms with Crippen molar-refractivity contribution in [3.8, 4) is 0 Å². The largest absolute Gasteiger partial charge is 0.469 e. The monoisotopic (exact) mass is 264 g/mol. The van der Waals surface area contributed by atoms with Crippen LogP contribution < -0.4 is 5.73 Å². The van der Waals surface area contributed by atoms with Crippen molar-refractivity contribution in [2.24, 2.45) is 5.92 Å². The van der Waals surface area contributed by atoms with E-state index in [2.05, 4.69) is 4.74 Å². The number of nitrogens with zero attached hydrogens (tertiary/aromatic N) is 1. The number of nitrogen functional groups attached to an aromatic ring is 1. The van der Waals surface area contributed by atoms with E-state index < -0.39 is 0 Å². The normalized spacial score (nSPS) is 11.8. The molecule has 5 nitrogen and oxygen atoms in total. The minimum absolute atomic E-state index is 0.164. The number of carbonyl (C=O) groups is 2. The Kier molecular flexibility index (Phi) is 4.92. The van der Waals surface area contributed by atoms with Gasteiger partial charge in [-0.05, 0) is 24.6 Å².